The fourth-order valence-corrected chi connectivity index (χ4v) is 4.06. The van der Waals surface area contributed by atoms with Crippen molar-refractivity contribution in [1.82, 2.24) is 19.6 Å². The minimum atomic E-state index is 0.153. The monoisotopic (exact) mass is 332 g/mol. The normalized spacial score (nSPS) is 22.9. The van der Waals surface area contributed by atoms with Crippen LogP contribution in [0.5, 0.6) is 0 Å². The van der Waals surface area contributed by atoms with Crippen LogP contribution in [0.4, 0.5) is 0 Å². The lowest BCUT2D eigenvalue weighted by Gasteiger charge is -2.49. The largest absolute Gasteiger partial charge is 0.334 e. The van der Waals surface area contributed by atoms with Crippen molar-refractivity contribution in [2.45, 2.75) is 72.0 Å². The molecule has 1 atom stereocenters. The van der Waals surface area contributed by atoms with E-state index in [4.69, 9.17) is 0 Å². The number of carbonyl (C=O) groups excluding carboxylic acids is 1. The molecule has 0 aromatic carbocycles. The molecule has 3 rings (SSSR count). The number of carbonyl (C=O) groups is 1. The number of amides is 1. The van der Waals surface area contributed by atoms with E-state index in [1.807, 2.05) is 15.6 Å². The summed E-state index contributed by atoms with van der Waals surface area (Å²) in [6, 6.07) is 3.22. The molecule has 1 aromatic heterocycles. The Labute approximate surface area is 146 Å². The van der Waals surface area contributed by atoms with E-state index in [0.29, 0.717) is 18.0 Å². The van der Waals surface area contributed by atoms with Crippen molar-refractivity contribution < 1.29 is 4.79 Å². The predicted octanol–water partition coefficient (Wildman–Crippen LogP) is 2.80. The SMILES string of the molecule is CCn1nc(CC(C)C)cc1C(=O)N1CC(N2CCCCC2C)C1. The highest BCUT2D eigenvalue weighted by molar-refractivity contribution is 5.93. The third kappa shape index (κ3) is 3.51. The molecule has 5 heteroatoms. The van der Waals surface area contributed by atoms with Gasteiger partial charge in [-0.3, -0.25) is 14.4 Å². The summed E-state index contributed by atoms with van der Waals surface area (Å²) in [6.45, 7) is 12.4. The Morgan fingerprint density at radius 3 is 2.71 bits per heavy atom. The summed E-state index contributed by atoms with van der Waals surface area (Å²) < 4.78 is 1.87. The van der Waals surface area contributed by atoms with Crippen LogP contribution in [0.3, 0.4) is 0 Å². The van der Waals surface area contributed by atoms with Gasteiger partial charge in [0.15, 0.2) is 0 Å². The number of aromatic nitrogens is 2. The van der Waals surface area contributed by atoms with E-state index in [9.17, 15) is 4.79 Å². The van der Waals surface area contributed by atoms with Crippen LogP contribution < -0.4 is 0 Å². The first-order valence-electron chi connectivity index (χ1n) is 9.61. The quantitative estimate of drug-likeness (QED) is 0.832. The van der Waals surface area contributed by atoms with Crippen LogP contribution in [0.2, 0.25) is 0 Å². The Morgan fingerprint density at radius 1 is 1.33 bits per heavy atom. The van der Waals surface area contributed by atoms with Gasteiger partial charge in [0, 0.05) is 31.7 Å². The van der Waals surface area contributed by atoms with Gasteiger partial charge in [0.1, 0.15) is 5.69 Å². The van der Waals surface area contributed by atoms with Gasteiger partial charge in [-0.25, -0.2) is 0 Å². The molecule has 0 saturated carbocycles. The fraction of sp³-hybridized carbons (Fsp3) is 0.789. The summed E-state index contributed by atoms with van der Waals surface area (Å²) in [7, 11) is 0. The summed E-state index contributed by atoms with van der Waals surface area (Å²) >= 11 is 0. The molecule has 24 heavy (non-hydrogen) atoms. The average Bonchev–Trinajstić information content (AvgIpc) is 2.89. The number of piperidine rings is 1. The molecule has 2 saturated heterocycles. The maximum absolute atomic E-state index is 12.9. The minimum Gasteiger partial charge on any atom is -0.334 e. The van der Waals surface area contributed by atoms with Gasteiger partial charge in [-0.1, -0.05) is 20.3 Å². The lowest BCUT2D eigenvalue weighted by Crippen LogP contribution is -2.63. The maximum atomic E-state index is 12.9. The second-order valence-corrected chi connectivity index (χ2v) is 7.88. The maximum Gasteiger partial charge on any atom is 0.272 e. The number of hydrogen-bond acceptors (Lipinski definition) is 3. The second-order valence-electron chi connectivity index (χ2n) is 7.88. The van der Waals surface area contributed by atoms with E-state index in [0.717, 1.165) is 37.4 Å². The van der Waals surface area contributed by atoms with Crippen LogP contribution in [-0.4, -0.2) is 57.2 Å². The zero-order valence-electron chi connectivity index (χ0n) is 15.7. The van der Waals surface area contributed by atoms with Crippen LogP contribution in [-0.2, 0) is 13.0 Å². The Balaban J connectivity index is 1.62. The van der Waals surface area contributed by atoms with Gasteiger partial charge in [-0.15, -0.1) is 0 Å². The zero-order chi connectivity index (χ0) is 17.3. The first-order chi connectivity index (χ1) is 11.5. The van der Waals surface area contributed by atoms with Crippen molar-refractivity contribution in [2.75, 3.05) is 19.6 Å². The van der Waals surface area contributed by atoms with Gasteiger partial charge < -0.3 is 4.90 Å². The number of aryl methyl sites for hydroxylation is 1. The van der Waals surface area contributed by atoms with E-state index in [1.165, 1.54) is 25.8 Å². The van der Waals surface area contributed by atoms with Crippen LogP contribution in [0, 0.1) is 5.92 Å². The Morgan fingerprint density at radius 2 is 2.08 bits per heavy atom. The predicted molar refractivity (Wildman–Crippen MR) is 96.2 cm³/mol. The Hall–Kier alpha value is -1.36. The van der Waals surface area contributed by atoms with Gasteiger partial charge in [0.25, 0.3) is 5.91 Å². The Kier molecular flexibility index (Phi) is 5.28. The molecule has 2 aliphatic rings. The molecule has 1 aromatic rings. The van der Waals surface area contributed by atoms with Crippen LogP contribution in [0.25, 0.3) is 0 Å². The third-order valence-corrected chi connectivity index (χ3v) is 5.44. The van der Waals surface area contributed by atoms with Gasteiger partial charge in [-0.2, -0.15) is 5.10 Å². The van der Waals surface area contributed by atoms with Gasteiger partial charge >= 0.3 is 0 Å². The summed E-state index contributed by atoms with van der Waals surface area (Å²) in [5.74, 6) is 0.711. The first kappa shape index (κ1) is 17.5. The smallest absolute Gasteiger partial charge is 0.272 e. The van der Waals surface area contributed by atoms with E-state index >= 15 is 0 Å². The molecule has 1 unspecified atom stereocenters. The van der Waals surface area contributed by atoms with Crippen LogP contribution in [0.1, 0.15) is 63.1 Å². The van der Waals surface area contributed by atoms with Gasteiger partial charge in [0.2, 0.25) is 0 Å². The summed E-state index contributed by atoms with van der Waals surface area (Å²) in [6.07, 6.45) is 4.88. The highest BCUT2D eigenvalue weighted by Crippen LogP contribution is 2.25. The van der Waals surface area contributed by atoms with Crippen molar-refractivity contribution in [2.24, 2.45) is 5.92 Å². The van der Waals surface area contributed by atoms with E-state index in [2.05, 4.69) is 37.7 Å². The number of nitrogens with zero attached hydrogens (tertiary/aromatic N) is 4. The van der Waals surface area contributed by atoms with E-state index < -0.39 is 0 Å². The van der Waals surface area contributed by atoms with Crippen molar-refractivity contribution in [3.05, 3.63) is 17.5 Å². The standard InChI is InChI=1S/C19H32N4O/c1-5-23-18(11-16(20-23)10-14(2)3)19(24)21-12-17(13-21)22-9-7-6-8-15(22)4/h11,14-15,17H,5-10,12-13H2,1-4H3. The van der Waals surface area contributed by atoms with Crippen molar-refractivity contribution >= 4 is 5.91 Å². The number of likely N-dealkylation sites (tertiary alicyclic amines) is 2. The molecule has 1 amide bonds. The van der Waals surface area contributed by atoms with E-state index in [1.54, 1.807) is 0 Å². The molecule has 0 N–H and O–H groups in total. The number of hydrogen-bond donors (Lipinski definition) is 0. The molecular weight excluding hydrogens is 300 g/mol. The van der Waals surface area contributed by atoms with E-state index in [-0.39, 0.29) is 5.91 Å². The molecule has 0 radical (unpaired) electrons. The Bertz CT molecular complexity index is 574. The van der Waals surface area contributed by atoms with Crippen molar-refractivity contribution in [1.29, 1.82) is 0 Å². The molecule has 3 heterocycles. The topological polar surface area (TPSA) is 41.4 Å². The highest BCUT2D eigenvalue weighted by Gasteiger charge is 2.38. The van der Waals surface area contributed by atoms with Gasteiger partial charge in [-0.05, 0) is 51.6 Å². The molecule has 0 spiro atoms. The highest BCUT2D eigenvalue weighted by atomic mass is 16.2. The molecular formula is C19H32N4O. The lowest BCUT2D eigenvalue weighted by molar-refractivity contribution is 0.00149. The van der Waals surface area contributed by atoms with Gasteiger partial charge in [0.05, 0.1) is 5.69 Å². The number of rotatable bonds is 5. The van der Waals surface area contributed by atoms with Crippen molar-refractivity contribution in [3.63, 3.8) is 0 Å². The first-order valence-corrected chi connectivity index (χ1v) is 9.61. The third-order valence-electron chi connectivity index (χ3n) is 5.44. The molecule has 5 nitrogen and oxygen atoms in total. The second kappa shape index (κ2) is 7.26. The zero-order valence-corrected chi connectivity index (χ0v) is 15.7. The lowest BCUT2D eigenvalue weighted by atomic mass is 9.97. The fourth-order valence-electron chi connectivity index (χ4n) is 4.06. The summed E-state index contributed by atoms with van der Waals surface area (Å²) in [5.41, 5.74) is 1.80. The van der Waals surface area contributed by atoms with Crippen LogP contribution in [0.15, 0.2) is 6.07 Å². The average molecular weight is 332 g/mol. The summed E-state index contributed by atoms with van der Waals surface area (Å²) in [4.78, 5) is 17.5. The summed E-state index contributed by atoms with van der Waals surface area (Å²) in [5, 5.41) is 4.61. The molecule has 2 aliphatic heterocycles. The van der Waals surface area contributed by atoms with Crippen molar-refractivity contribution in [3.8, 4) is 0 Å². The molecule has 0 bridgehead atoms. The molecule has 0 aliphatic carbocycles. The molecule has 134 valence electrons. The minimum absolute atomic E-state index is 0.153. The van der Waals surface area contributed by atoms with Crippen LogP contribution >= 0.6 is 0 Å². The molecule has 2 fully saturated rings.